The summed E-state index contributed by atoms with van der Waals surface area (Å²) >= 11 is 0. The van der Waals surface area contributed by atoms with Crippen LogP contribution in [0.1, 0.15) is 25.7 Å². The van der Waals surface area contributed by atoms with E-state index in [1.54, 1.807) is 4.90 Å². The fraction of sp³-hybridized carbons (Fsp3) is 0.556. The SMILES string of the molecule is O=C(O)C1CCN(C(=O)C2CCCN(S(=O)(=O)c3ccc(F)cc3)C2)CC1. The first-order valence-electron chi connectivity index (χ1n) is 9.06. The molecule has 2 aliphatic rings. The summed E-state index contributed by atoms with van der Waals surface area (Å²) in [5, 5.41) is 9.06. The molecular weight excluding hydrogens is 375 g/mol. The molecule has 27 heavy (non-hydrogen) atoms. The predicted octanol–water partition coefficient (Wildman–Crippen LogP) is 1.55. The third-order valence-electron chi connectivity index (χ3n) is 5.34. The van der Waals surface area contributed by atoms with Crippen molar-refractivity contribution in [1.82, 2.24) is 9.21 Å². The van der Waals surface area contributed by atoms with E-state index in [1.807, 2.05) is 0 Å². The number of nitrogens with zero attached hydrogens (tertiary/aromatic N) is 2. The Morgan fingerprint density at radius 2 is 1.63 bits per heavy atom. The highest BCUT2D eigenvalue weighted by molar-refractivity contribution is 7.89. The topological polar surface area (TPSA) is 95.0 Å². The highest BCUT2D eigenvalue weighted by Crippen LogP contribution is 2.27. The van der Waals surface area contributed by atoms with Crippen molar-refractivity contribution in [2.75, 3.05) is 26.2 Å². The number of hydrogen-bond acceptors (Lipinski definition) is 4. The Morgan fingerprint density at radius 3 is 2.22 bits per heavy atom. The molecule has 0 aliphatic carbocycles. The van der Waals surface area contributed by atoms with Crippen LogP contribution in [-0.4, -0.2) is 60.8 Å². The van der Waals surface area contributed by atoms with Crippen LogP contribution in [0.4, 0.5) is 4.39 Å². The van der Waals surface area contributed by atoms with Crippen molar-refractivity contribution in [2.24, 2.45) is 11.8 Å². The lowest BCUT2D eigenvalue weighted by atomic mass is 9.93. The number of benzene rings is 1. The van der Waals surface area contributed by atoms with Gasteiger partial charge in [-0.15, -0.1) is 0 Å². The molecule has 1 aromatic carbocycles. The average Bonchev–Trinajstić information content (AvgIpc) is 2.68. The van der Waals surface area contributed by atoms with Gasteiger partial charge in [0.1, 0.15) is 5.82 Å². The van der Waals surface area contributed by atoms with Crippen LogP contribution in [0.2, 0.25) is 0 Å². The van der Waals surface area contributed by atoms with Crippen molar-refractivity contribution in [2.45, 2.75) is 30.6 Å². The fourth-order valence-corrected chi connectivity index (χ4v) is 5.25. The van der Waals surface area contributed by atoms with Crippen molar-refractivity contribution in [1.29, 1.82) is 0 Å². The van der Waals surface area contributed by atoms with E-state index in [1.165, 1.54) is 16.4 Å². The standard InChI is InChI=1S/C18H23FN2O5S/c19-15-3-5-16(6-4-15)27(25,26)21-9-1-2-14(12-21)17(22)20-10-7-13(8-11-20)18(23)24/h3-6,13-14H,1-2,7-12H2,(H,23,24). The summed E-state index contributed by atoms with van der Waals surface area (Å²) in [5.41, 5.74) is 0. The number of carbonyl (C=O) groups excluding carboxylic acids is 1. The summed E-state index contributed by atoms with van der Waals surface area (Å²) in [4.78, 5) is 25.5. The minimum absolute atomic E-state index is 0.0132. The van der Waals surface area contributed by atoms with Crippen molar-refractivity contribution >= 4 is 21.9 Å². The zero-order valence-electron chi connectivity index (χ0n) is 14.9. The van der Waals surface area contributed by atoms with Gasteiger partial charge in [0.05, 0.1) is 16.7 Å². The van der Waals surface area contributed by atoms with Crippen molar-refractivity contribution in [3.63, 3.8) is 0 Å². The lowest BCUT2D eigenvalue weighted by Gasteiger charge is -2.36. The smallest absolute Gasteiger partial charge is 0.306 e. The first-order chi connectivity index (χ1) is 12.8. The molecule has 1 atom stereocenters. The minimum atomic E-state index is -3.78. The van der Waals surface area contributed by atoms with Gasteiger partial charge in [-0.05, 0) is 49.9 Å². The number of amides is 1. The van der Waals surface area contributed by atoms with E-state index >= 15 is 0 Å². The summed E-state index contributed by atoms with van der Waals surface area (Å²) < 4.78 is 39.9. The summed E-state index contributed by atoms with van der Waals surface area (Å²) in [6.45, 7) is 1.19. The van der Waals surface area contributed by atoms with Crippen LogP contribution in [-0.2, 0) is 19.6 Å². The van der Waals surface area contributed by atoms with E-state index in [2.05, 4.69) is 0 Å². The molecule has 1 unspecified atom stereocenters. The van der Waals surface area contributed by atoms with Gasteiger partial charge < -0.3 is 10.0 Å². The molecule has 7 nitrogen and oxygen atoms in total. The van der Waals surface area contributed by atoms with E-state index in [-0.39, 0.29) is 17.3 Å². The van der Waals surface area contributed by atoms with Crippen LogP contribution in [0, 0.1) is 17.7 Å². The maximum absolute atomic E-state index is 13.1. The zero-order chi connectivity index (χ0) is 19.6. The fourth-order valence-electron chi connectivity index (χ4n) is 3.72. The van der Waals surface area contributed by atoms with Gasteiger partial charge in [-0.1, -0.05) is 0 Å². The lowest BCUT2D eigenvalue weighted by Crippen LogP contribution is -2.49. The van der Waals surface area contributed by atoms with Crippen LogP contribution in [0.5, 0.6) is 0 Å². The number of halogens is 1. The molecule has 148 valence electrons. The number of sulfonamides is 1. The number of rotatable bonds is 4. The molecule has 2 aliphatic heterocycles. The molecule has 1 amide bonds. The molecule has 0 radical (unpaired) electrons. The summed E-state index contributed by atoms with van der Waals surface area (Å²) in [6.07, 6.45) is 2.02. The van der Waals surface area contributed by atoms with Crippen LogP contribution < -0.4 is 0 Å². The van der Waals surface area contributed by atoms with E-state index in [9.17, 15) is 22.4 Å². The molecule has 9 heteroatoms. The maximum atomic E-state index is 13.1. The van der Waals surface area contributed by atoms with E-state index in [0.717, 1.165) is 12.1 Å². The number of carbonyl (C=O) groups is 2. The van der Waals surface area contributed by atoms with E-state index in [4.69, 9.17) is 5.11 Å². The van der Waals surface area contributed by atoms with Crippen LogP contribution in [0.15, 0.2) is 29.2 Å². The minimum Gasteiger partial charge on any atom is -0.481 e. The molecule has 0 bridgehead atoms. The van der Waals surface area contributed by atoms with E-state index in [0.29, 0.717) is 45.3 Å². The monoisotopic (exact) mass is 398 g/mol. The van der Waals surface area contributed by atoms with E-state index < -0.39 is 33.6 Å². The molecule has 1 aromatic rings. The Hall–Kier alpha value is -2.00. The third-order valence-corrected chi connectivity index (χ3v) is 7.22. The largest absolute Gasteiger partial charge is 0.481 e. The molecule has 0 aromatic heterocycles. The number of piperidine rings is 2. The highest BCUT2D eigenvalue weighted by Gasteiger charge is 2.36. The second-order valence-electron chi connectivity index (χ2n) is 7.09. The zero-order valence-corrected chi connectivity index (χ0v) is 15.7. The molecule has 3 rings (SSSR count). The van der Waals surface area contributed by atoms with Crippen LogP contribution in [0.25, 0.3) is 0 Å². The van der Waals surface area contributed by atoms with Crippen molar-refractivity contribution < 1.29 is 27.5 Å². The van der Waals surface area contributed by atoms with Gasteiger partial charge in [-0.3, -0.25) is 9.59 Å². The van der Waals surface area contributed by atoms with Gasteiger partial charge in [0.15, 0.2) is 0 Å². The normalized spacial score (nSPS) is 22.6. The Balaban J connectivity index is 1.66. The third kappa shape index (κ3) is 4.30. The number of aliphatic carboxylic acids is 1. The Bertz CT molecular complexity index is 804. The van der Waals surface area contributed by atoms with Gasteiger partial charge in [0.2, 0.25) is 15.9 Å². The molecule has 0 saturated carbocycles. The maximum Gasteiger partial charge on any atom is 0.306 e. The summed E-state index contributed by atoms with van der Waals surface area (Å²) in [6, 6.07) is 4.66. The molecular formula is C18H23FN2O5S. The van der Waals surface area contributed by atoms with Gasteiger partial charge in [0, 0.05) is 26.2 Å². The second-order valence-corrected chi connectivity index (χ2v) is 9.03. The highest BCUT2D eigenvalue weighted by atomic mass is 32.2. The Morgan fingerprint density at radius 1 is 1.00 bits per heavy atom. The second kappa shape index (κ2) is 7.93. The number of hydrogen-bond donors (Lipinski definition) is 1. The summed E-state index contributed by atoms with van der Waals surface area (Å²) in [7, 11) is -3.78. The molecule has 0 spiro atoms. The average molecular weight is 398 g/mol. The first kappa shape index (κ1) is 19.8. The Kier molecular flexibility index (Phi) is 5.81. The molecule has 2 heterocycles. The van der Waals surface area contributed by atoms with Gasteiger partial charge in [0.25, 0.3) is 0 Å². The quantitative estimate of drug-likeness (QED) is 0.830. The van der Waals surface area contributed by atoms with Gasteiger partial charge in [-0.2, -0.15) is 4.31 Å². The molecule has 2 fully saturated rings. The number of carboxylic acids is 1. The number of likely N-dealkylation sites (tertiary alicyclic amines) is 1. The Labute approximate surface area is 157 Å². The lowest BCUT2D eigenvalue weighted by molar-refractivity contribution is -0.147. The molecule has 2 saturated heterocycles. The van der Waals surface area contributed by atoms with Crippen molar-refractivity contribution in [3.05, 3.63) is 30.1 Å². The summed E-state index contributed by atoms with van der Waals surface area (Å²) in [5.74, 6) is -2.31. The van der Waals surface area contributed by atoms with Gasteiger partial charge >= 0.3 is 5.97 Å². The van der Waals surface area contributed by atoms with Crippen LogP contribution in [0.3, 0.4) is 0 Å². The van der Waals surface area contributed by atoms with Gasteiger partial charge in [-0.25, -0.2) is 12.8 Å². The number of carboxylic acid groups (broad SMARTS) is 1. The first-order valence-corrected chi connectivity index (χ1v) is 10.5. The predicted molar refractivity (Wildman–Crippen MR) is 94.8 cm³/mol. The molecule has 1 N–H and O–H groups in total. The van der Waals surface area contributed by atoms with Crippen LogP contribution >= 0.6 is 0 Å². The van der Waals surface area contributed by atoms with Crippen molar-refractivity contribution in [3.8, 4) is 0 Å².